The van der Waals surface area contributed by atoms with Crippen molar-refractivity contribution in [3.05, 3.63) is 53.7 Å². The number of fused-ring (bicyclic) bond motifs is 1. The minimum atomic E-state index is 0.134. The number of pyridine rings is 1. The van der Waals surface area contributed by atoms with Crippen molar-refractivity contribution < 1.29 is 4.74 Å². The van der Waals surface area contributed by atoms with Gasteiger partial charge in [-0.05, 0) is 43.5 Å². The summed E-state index contributed by atoms with van der Waals surface area (Å²) < 4.78 is 5.73. The zero-order valence-electron chi connectivity index (χ0n) is 12.0. The van der Waals surface area contributed by atoms with Crippen molar-refractivity contribution in [1.82, 2.24) is 4.98 Å². The first-order valence-electron chi connectivity index (χ1n) is 7.17. The molecule has 1 aliphatic carbocycles. The number of nitrogens with one attached hydrogen (secondary N) is 1. The van der Waals surface area contributed by atoms with Gasteiger partial charge in [0, 0.05) is 18.7 Å². The normalized spacial score (nSPS) is 16.4. The number of hydrogen-bond donors (Lipinski definition) is 1. The number of rotatable bonds is 5. The van der Waals surface area contributed by atoms with E-state index < -0.39 is 0 Å². The molecule has 1 aliphatic rings. The van der Waals surface area contributed by atoms with Gasteiger partial charge in [0.15, 0.2) is 0 Å². The smallest absolute Gasteiger partial charge is 0.237 e. The van der Waals surface area contributed by atoms with Crippen LogP contribution in [0.25, 0.3) is 0 Å². The Balaban J connectivity index is 1.65. The maximum Gasteiger partial charge on any atom is 0.237 e. The predicted octanol–water partition coefficient (Wildman–Crippen LogP) is 3.62. The van der Waals surface area contributed by atoms with E-state index in [1.54, 1.807) is 6.20 Å². The van der Waals surface area contributed by atoms with Crippen LogP contribution in [0.5, 0.6) is 5.88 Å². The zero-order chi connectivity index (χ0) is 13.9. The van der Waals surface area contributed by atoms with Gasteiger partial charge in [0.1, 0.15) is 0 Å². The third kappa shape index (κ3) is 2.62. The molecule has 1 heterocycles. The van der Waals surface area contributed by atoms with Gasteiger partial charge in [-0.2, -0.15) is 0 Å². The average molecular weight is 268 g/mol. The summed E-state index contributed by atoms with van der Waals surface area (Å²) in [5.41, 5.74) is 3.92. The van der Waals surface area contributed by atoms with E-state index in [1.807, 2.05) is 26.0 Å². The lowest BCUT2D eigenvalue weighted by Crippen LogP contribution is -2.24. The molecule has 0 saturated heterocycles. The molecule has 20 heavy (non-hydrogen) atoms. The van der Waals surface area contributed by atoms with Crippen molar-refractivity contribution in [3.8, 4) is 5.88 Å². The SMILES string of the molecule is CC(C)Oc1ncccc1NCC1Cc2ccccc21. The van der Waals surface area contributed by atoms with E-state index in [2.05, 4.69) is 34.6 Å². The summed E-state index contributed by atoms with van der Waals surface area (Å²) in [6.45, 7) is 4.96. The summed E-state index contributed by atoms with van der Waals surface area (Å²) in [5, 5.41) is 3.47. The molecule has 1 aromatic carbocycles. The summed E-state index contributed by atoms with van der Waals surface area (Å²) in [5.74, 6) is 1.29. The van der Waals surface area contributed by atoms with Gasteiger partial charge < -0.3 is 10.1 Å². The van der Waals surface area contributed by atoms with Crippen LogP contribution in [0.2, 0.25) is 0 Å². The van der Waals surface area contributed by atoms with Gasteiger partial charge in [0.2, 0.25) is 5.88 Å². The van der Waals surface area contributed by atoms with Crippen molar-refractivity contribution in [2.24, 2.45) is 0 Å². The third-order valence-electron chi connectivity index (χ3n) is 3.62. The number of benzene rings is 1. The molecule has 0 saturated carbocycles. The van der Waals surface area contributed by atoms with Crippen molar-refractivity contribution in [2.75, 3.05) is 11.9 Å². The average Bonchev–Trinajstić information content (AvgIpc) is 2.41. The quantitative estimate of drug-likeness (QED) is 0.899. The molecular formula is C17H20N2O. The Labute approximate surface area is 120 Å². The molecule has 0 bridgehead atoms. The van der Waals surface area contributed by atoms with E-state index in [4.69, 9.17) is 4.74 Å². The largest absolute Gasteiger partial charge is 0.473 e. The first kappa shape index (κ1) is 13.0. The molecule has 1 N–H and O–H groups in total. The first-order chi connectivity index (χ1) is 9.74. The lowest BCUT2D eigenvalue weighted by Gasteiger charge is -2.30. The minimum absolute atomic E-state index is 0.134. The molecule has 0 radical (unpaired) electrons. The highest BCUT2D eigenvalue weighted by Gasteiger charge is 2.25. The number of aromatic nitrogens is 1. The molecule has 0 spiro atoms. The van der Waals surface area contributed by atoms with E-state index in [0.29, 0.717) is 11.8 Å². The maximum absolute atomic E-state index is 5.73. The lowest BCUT2D eigenvalue weighted by atomic mass is 9.77. The molecule has 3 heteroatoms. The minimum Gasteiger partial charge on any atom is -0.473 e. The molecule has 3 nitrogen and oxygen atoms in total. The van der Waals surface area contributed by atoms with Gasteiger partial charge in [-0.15, -0.1) is 0 Å². The van der Waals surface area contributed by atoms with Crippen molar-refractivity contribution >= 4 is 5.69 Å². The van der Waals surface area contributed by atoms with E-state index in [-0.39, 0.29) is 6.10 Å². The van der Waals surface area contributed by atoms with E-state index in [9.17, 15) is 0 Å². The van der Waals surface area contributed by atoms with Crippen LogP contribution in [0.3, 0.4) is 0 Å². The summed E-state index contributed by atoms with van der Waals surface area (Å²) in [6, 6.07) is 12.6. The van der Waals surface area contributed by atoms with Crippen LogP contribution < -0.4 is 10.1 Å². The van der Waals surface area contributed by atoms with E-state index in [1.165, 1.54) is 11.1 Å². The lowest BCUT2D eigenvalue weighted by molar-refractivity contribution is 0.234. The van der Waals surface area contributed by atoms with Gasteiger partial charge in [-0.25, -0.2) is 4.98 Å². The van der Waals surface area contributed by atoms with Crippen LogP contribution in [-0.2, 0) is 6.42 Å². The zero-order valence-corrected chi connectivity index (χ0v) is 12.0. The standard InChI is InChI=1S/C17H20N2O/c1-12(2)20-17-16(8-5-9-18-17)19-11-14-10-13-6-3-4-7-15(13)14/h3-9,12,14,19H,10-11H2,1-2H3. The fourth-order valence-corrected chi connectivity index (χ4v) is 2.62. The Hall–Kier alpha value is -2.03. The Morgan fingerprint density at radius 2 is 2.10 bits per heavy atom. The number of nitrogens with zero attached hydrogens (tertiary/aromatic N) is 1. The second-order valence-corrected chi connectivity index (χ2v) is 5.50. The van der Waals surface area contributed by atoms with Crippen LogP contribution in [0.1, 0.15) is 30.9 Å². The molecule has 104 valence electrons. The van der Waals surface area contributed by atoms with Crippen LogP contribution in [0.4, 0.5) is 5.69 Å². The highest BCUT2D eigenvalue weighted by atomic mass is 16.5. The van der Waals surface area contributed by atoms with Gasteiger partial charge in [-0.1, -0.05) is 24.3 Å². The van der Waals surface area contributed by atoms with Crippen molar-refractivity contribution in [2.45, 2.75) is 32.3 Å². The monoisotopic (exact) mass is 268 g/mol. The van der Waals surface area contributed by atoms with Gasteiger partial charge in [0.05, 0.1) is 11.8 Å². The summed E-state index contributed by atoms with van der Waals surface area (Å²) >= 11 is 0. The van der Waals surface area contributed by atoms with Gasteiger partial charge >= 0.3 is 0 Å². The van der Waals surface area contributed by atoms with Crippen LogP contribution in [-0.4, -0.2) is 17.6 Å². The Morgan fingerprint density at radius 3 is 2.90 bits per heavy atom. The molecule has 2 aromatic rings. The fourth-order valence-electron chi connectivity index (χ4n) is 2.62. The molecule has 0 fully saturated rings. The number of ether oxygens (including phenoxy) is 1. The number of hydrogen-bond acceptors (Lipinski definition) is 3. The third-order valence-corrected chi connectivity index (χ3v) is 3.62. The summed E-state index contributed by atoms with van der Waals surface area (Å²) in [4.78, 5) is 4.30. The molecule has 1 atom stereocenters. The van der Waals surface area contributed by atoms with Gasteiger partial charge in [0.25, 0.3) is 0 Å². The molecule has 0 aliphatic heterocycles. The summed E-state index contributed by atoms with van der Waals surface area (Å²) in [7, 11) is 0. The maximum atomic E-state index is 5.73. The first-order valence-corrected chi connectivity index (χ1v) is 7.17. The molecule has 3 rings (SSSR count). The topological polar surface area (TPSA) is 34.1 Å². The highest BCUT2D eigenvalue weighted by molar-refractivity contribution is 5.53. The molecular weight excluding hydrogens is 248 g/mol. The van der Waals surface area contributed by atoms with Crippen LogP contribution >= 0.6 is 0 Å². The second kappa shape index (κ2) is 5.53. The molecule has 1 aromatic heterocycles. The highest BCUT2D eigenvalue weighted by Crippen LogP contribution is 2.35. The second-order valence-electron chi connectivity index (χ2n) is 5.50. The van der Waals surface area contributed by atoms with Crippen LogP contribution in [0, 0.1) is 0 Å². The van der Waals surface area contributed by atoms with Gasteiger partial charge in [-0.3, -0.25) is 0 Å². The summed E-state index contributed by atoms with van der Waals surface area (Å²) in [6.07, 6.45) is 3.06. The van der Waals surface area contributed by atoms with Crippen molar-refractivity contribution in [3.63, 3.8) is 0 Å². The van der Waals surface area contributed by atoms with Crippen LogP contribution in [0.15, 0.2) is 42.6 Å². The Bertz CT molecular complexity index is 595. The molecule has 0 amide bonds. The molecule has 1 unspecified atom stereocenters. The fraction of sp³-hybridized carbons (Fsp3) is 0.353. The predicted molar refractivity (Wildman–Crippen MR) is 81.4 cm³/mol. The van der Waals surface area contributed by atoms with Crippen molar-refractivity contribution in [1.29, 1.82) is 0 Å². The number of anilines is 1. The Kier molecular flexibility index (Phi) is 3.59. The van der Waals surface area contributed by atoms with E-state index in [0.717, 1.165) is 18.7 Å². The van der Waals surface area contributed by atoms with E-state index >= 15 is 0 Å². The Morgan fingerprint density at radius 1 is 1.25 bits per heavy atom.